The Balaban J connectivity index is 2.87. The Hall–Kier alpha value is -0.620. The van der Waals surface area contributed by atoms with Crippen LogP contribution in [0.2, 0.25) is 0 Å². The van der Waals surface area contributed by atoms with E-state index < -0.39 is 26.5 Å². The van der Waals surface area contributed by atoms with Gasteiger partial charge in [0.05, 0.1) is 17.8 Å². The molecule has 6 heteroatoms. The largest absolute Gasteiger partial charge is 0.469 e. The van der Waals surface area contributed by atoms with E-state index in [2.05, 4.69) is 4.74 Å². The number of esters is 1. The van der Waals surface area contributed by atoms with Crippen LogP contribution in [-0.4, -0.2) is 39.5 Å². The van der Waals surface area contributed by atoms with Crippen molar-refractivity contribution in [1.29, 1.82) is 0 Å². The molecule has 0 aromatic heterocycles. The first kappa shape index (κ1) is 10.5. The first-order chi connectivity index (χ1) is 5.88. The number of carbonyl (C=O) groups excluding carboxylic acids is 1. The quantitative estimate of drug-likeness (QED) is 0.595. The number of nitrogens with two attached hydrogens (primary N) is 1. The van der Waals surface area contributed by atoms with Crippen molar-refractivity contribution in [2.75, 3.05) is 19.9 Å². The van der Waals surface area contributed by atoms with E-state index in [1.807, 2.05) is 0 Å². The van der Waals surface area contributed by atoms with Crippen molar-refractivity contribution >= 4 is 15.8 Å². The summed E-state index contributed by atoms with van der Waals surface area (Å²) in [6.45, 7) is 0.0252. The Morgan fingerprint density at radius 3 is 2.46 bits per heavy atom. The maximum absolute atomic E-state index is 11.2. The standard InChI is InChI=1S/C7H13NO4S/c1-12-6(9)7(4-8)3-5(7)13(2,10)11/h5H,3-4,8H2,1-2H3/t5-,7+/m0/s1. The molecule has 0 unspecified atom stereocenters. The molecule has 2 atom stereocenters. The fourth-order valence-corrected chi connectivity index (χ4v) is 3.16. The van der Waals surface area contributed by atoms with Crippen LogP contribution in [0, 0.1) is 5.41 Å². The Morgan fingerprint density at radius 1 is 1.69 bits per heavy atom. The van der Waals surface area contributed by atoms with Gasteiger partial charge in [-0.1, -0.05) is 0 Å². The molecule has 1 rings (SSSR count). The van der Waals surface area contributed by atoms with E-state index in [0.29, 0.717) is 0 Å². The molecule has 0 aliphatic heterocycles. The Bertz CT molecular complexity index is 323. The van der Waals surface area contributed by atoms with Crippen LogP contribution in [0.15, 0.2) is 0 Å². The molecule has 1 aliphatic carbocycles. The highest BCUT2D eigenvalue weighted by Gasteiger charge is 2.65. The topological polar surface area (TPSA) is 86.5 Å². The molecule has 1 saturated carbocycles. The van der Waals surface area contributed by atoms with Crippen LogP contribution < -0.4 is 5.73 Å². The summed E-state index contributed by atoms with van der Waals surface area (Å²) in [6.07, 6.45) is 1.40. The van der Waals surface area contributed by atoms with Gasteiger partial charge in [-0.15, -0.1) is 0 Å². The summed E-state index contributed by atoms with van der Waals surface area (Å²) in [5, 5.41) is -0.655. The van der Waals surface area contributed by atoms with Gasteiger partial charge in [0, 0.05) is 12.8 Å². The first-order valence-corrected chi connectivity index (χ1v) is 5.81. The molecule has 0 saturated heterocycles. The van der Waals surface area contributed by atoms with Gasteiger partial charge in [0.2, 0.25) is 0 Å². The molecule has 0 heterocycles. The van der Waals surface area contributed by atoms with Crippen molar-refractivity contribution in [2.45, 2.75) is 11.7 Å². The molecular formula is C7H13NO4S. The number of hydrogen-bond donors (Lipinski definition) is 1. The molecule has 1 fully saturated rings. The minimum absolute atomic E-state index is 0.0252. The number of ether oxygens (including phenoxy) is 1. The van der Waals surface area contributed by atoms with Gasteiger partial charge in [-0.05, 0) is 6.42 Å². The van der Waals surface area contributed by atoms with Crippen LogP contribution in [0.3, 0.4) is 0 Å². The van der Waals surface area contributed by atoms with Gasteiger partial charge in [-0.3, -0.25) is 4.79 Å². The minimum Gasteiger partial charge on any atom is -0.469 e. The number of hydrogen-bond acceptors (Lipinski definition) is 5. The van der Waals surface area contributed by atoms with Crippen LogP contribution in [0.25, 0.3) is 0 Å². The summed E-state index contributed by atoms with van der Waals surface area (Å²) >= 11 is 0. The van der Waals surface area contributed by atoms with Gasteiger partial charge in [0.1, 0.15) is 0 Å². The van der Waals surface area contributed by atoms with Crippen molar-refractivity contribution in [1.82, 2.24) is 0 Å². The number of rotatable bonds is 3. The SMILES string of the molecule is COC(=O)[C@@]1(CN)C[C@@H]1S(C)(=O)=O. The van der Waals surface area contributed by atoms with E-state index in [0.717, 1.165) is 6.26 Å². The van der Waals surface area contributed by atoms with Gasteiger partial charge in [0.15, 0.2) is 9.84 Å². The van der Waals surface area contributed by atoms with Crippen LogP contribution in [0.1, 0.15) is 6.42 Å². The number of sulfone groups is 1. The van der Waals surface area contributed by atoms with Gasteiger partial charge in [-0.2, -0.15) is 0 Å². The van der Waals surface area contributed by atoms with Crippen molar-refractivity contribution in [3.05, 3.63) is 0 Å². The normalized spacial score (nSPS) is 32.7. The molecule has 13 heavy (non-hydrogen) atoms. The number of methoxy groups -OCH3 is 1. The zero-order valence-electron chi connectivity index (χ0n) is 7.61. The van der Waals surface area contributed by atoms with Crippen LogP contribution in [-0.2, 0) is 19.4 Å². The van der Waals surface area contributed by atoms with Crippen molar-refractivity contribution in [3.63, 3.8) is 0 Å². The lowest BCUT2D eigenvalue weighted by molar-refractivity contribution is -0.146. The predicted molar refractivity (Wildman–Crippen MR) is 46.8 cm³/mol. The summed E-state index contributed by atoms with van der Waals surface area (Å²) in [4.78, 5) is 11.2. The molecule has 0 amide bonds. The highest BCUT2D eigenvalue weighted by molar-refractivity contribution is 7.91. The number of carbonyl (C=O) groups is 1. The van der Waals surface area contributed by atoms with Crippen molar-refractivity contribution in [3.8, 4) is 0 Å². The summed E-state index contributed by atoms with van der Waals surface area (Å²) < 4.78 is 26.8. The fourth-order valence-electron chi connectivity index (χ4n) is 1.55. The van der Waals surface area contributed by atoms with Crippen molar-refractivity contribution < 1.29 is 17.9 Å². The Morgan fingerprint density at radius 2 is 2.23 bits per heavy atom. The average Bonchev–Trinajstić information content (AvgIpc) is 2.78. The van der Waals surface area contributed by atoms with Crippen LogP contribution >= 0.6 is 0 Å². The molecular weight excluding hydrogens is 194 g/mol. The smallest absolute Gasteiger partial charge is 0.314 e. The van der Waals surface area contributed by atoms with E-state index in [-0.39, 0.29) is 13.0 Å². The van der Waals surface area contributed by atoms with E-state index in [4.69, 9.17) is 5.73 Å². The molecule has 0 spiro atoms. The third kappa shape index (κ3) is 1.55. The molecule has 5 nitrogen and oxygen atoms in total. The van der Waals surface area contributed by atoms with Gasteiger partial charge < -0.3 is 10.5 Å². The maximum atomic E-state index is 11.2. The lowest BCUT2D eigenvalue weighted by Gasteiger charge is -2.10. The monoisotopic (exact) mass is 207 g/mol. The van der Waals surface area contributed by atoms with Gasteiger partial charge in [0.25, 0.3) is 0 Å². The molecule has 1 aliphatic rings. The predicted octanol–water partition coefficient (Wildman–Crippen LogP) is -1.08. The summed E-state index contributed by atoms with van der Waals surface area (Å²) in [7, 11) is -1.95. The van der Waals surface area contributed by atoms with Crippen molar-refractivity contribution in [2.24, 2.45) is 11.1 Å². The van der Waals surface area contributed by atoms with Crippen LogP contribution in [0.5, 0.6) is 0 Å². The third-order valence-corrected chi connectivity index (χ3v) is 4.13. The molecule has 0 bridgehead atoms. The zero-order chi connectivity index (χ0) is 10.3. The highest BCUT2D eigenvalue weighted by atomic mass is 32.2. The lowest BCUT2D eigenvalue weighted by atomic mass is 10.1. The average molecular weight is 207 g/mol. The van der Waals surface area contributed by atoms with E-state index in [1.54, 1.807) is 0 Å². The zero-order valence-corrected chi connectivity index (χ0v) is 8.43. The third-order valence-electron chi connectivity index (χ3n) is 2.48. The molecule has 2 N–H and O–H groups in total. The maximum Gasteiger partial charge on any atom is 0.314 e. The van der Waals surface area contributed by atoms with E-state index >= 15 is 0 Å². The van der Waals surface area contributed by atoms with Gasteiger partial charge >= 0.3 is 5.97 Å². The summed E-state index contributed by atoms with van der Waals surface area (Å²) in [5.41, 5.74) is 4.40. The van der Waals surface area contributed by atoms with E-state index in [1.165, 1.54) is 7.11 Å². The minimum atomic E-state index is -3.19. The lowest BCUT2D eigenvalue weighted by Crippen LogP contribution is -2.32. The molecule has 76 valence electrons. The summed E-state index contributed by atoms with van der Waals surface area (Å²) in [5.74, 6) is -0.523. The molecule has 0 radical (unpaired) electrons. The first-order valence-electron chi connectivity index (χ1n) is 3.86. The van der Waals surface area contributed by atoms with E-state index in [9.17, 15) is 13.2 Å². The Kier molecular flexibility index (Phi) is 2.38. The second-order valence-electron chi connectivity index (χ2n) is 3.37. The highest BCUT2D eigenvalue weighted by Crippen LogP contribution is 2.50. The summed E-state index contributed by atoms with van der Waals surface area (Å²) in [6, 6.07) is 0. The second-order valence-corrected chi connectivity index (χ2v) is 5.60. The van der Waals surface area contributed by atoms with Crippen LogP contribution in [0.4, 0.5) is 0 Å². The Labute approximate surface area is 77.2 Å². The second kappa shape index (κ2) is 2.95. The molecule has 0 aromatic rings. The van der Waals surface area contributed by atoms with Gasteiger partial charge in [-0.25, -0.2) is 8.42 Å². The molecule has 0 aromatic carbocycles. The fraction of sp³-hybridized carbons (Fsp3) is 0.857.